The van der Waals surface area contributed by atoms with Crippen molar-refractivity contribution in [3.05, 3.63) is 116 Å². The van der Waals surface area contributed by atoms with Crippen LogP contribution in [0.25, 0.3) is 48.6 Å². The Labute approximate surface area is 807 Å². The van der Waals surface area contributed by atoms with Crippen LogP contribution in [0.15, 0.2) is 60.7 Å². The van der Waals surface area contributed by atoms with Gasteiger partial charge in [-0.25, -0.2) is 0 Å². The summed E-state index contributed by atoms with van der Waals surface area (Å²) < 4.78 is 69.0. The number of aldehydes is 2. The number of benzene rings is 5. The van der Waals surface area contributed by atoms with Crippen LogP contribution in [0.5, 0.6) is 57.5 Å². The Kier molecular flexibility index (Phi) is 69.3. The molecule has 0 aliphatic heterocycles. The number of carbonyl (C=O) groups is 2. The van der Waals surface area contributed by atoms with Crippen molar-refractivity contribution >= 4 is 61.2 Å². The van der Waals surface area contributed by atoms with Crippen molar-refractivity contribution in [3.8, 4) is 57.5 Å². The fraction of sp³-hybridized carbons (Fsp3) is 0.667. The maximum atomic E-state index is 13.0. The molecule has 0 aliphatic carbocycles. The molecule has 0 aliphatic rings. The second kappa shape index (κ2) is 79.6. The lowest BCUT2D eigenvalue weighted by atomic mass is 10.0. The van der Waals surface area contributed by atoms with Crippen LogP contribution >= 0.6 is 0 Å². The van der Waals surface area contributed by atoms with Gasteiger partial charge in [0.25, 0.3) is 0 Å². The van der Waals surface area contributed by atoms with E-state index in [1.807, 2.05) is 24.3 Å². The summed E-state index contributed by atoms with van der Waals surface area (Å²) in [7, 11) is 0. The number of hydrogen-bond donors (Lipinski definition) is 0. The predicted molar refractivity (Wildman–Crippen MR) is 567 cm³/mol. The summed E-state index contributed by atoms with van der Waals surface area (Å²) in [5, 5.41) is 0. The maximum absolute atomic E-state index is 13.0. The van der Waals surface area contributed by atoms with E-state index in [2.05, 4.69) is 154 Å². The molecule has 12 nitrogen and oxygen atoms in total. The van der Waals surface area contributed by atoms with E-state index >= 15 is 0 Å². The lowest BCUT2D eigenvalue weighted by Crippen LogP contribution is -2.04. The van der Waals surface area contributed by atoms with Crippen molar-refractivity contribution in [2.24, 2.45) is 0 Å². The van der Waals surface area contributed by atoms with E-state index in [-0.39, 0.29) is 0 Å². The van der Waals surface area contributed by atoms with Crippen LogP contribution in [-0.4, -0.2) is 78.6 Å². The van der Waals surface area contributed by atoms with Gasteiger partial charge in [-0.15, -0.1) is 0 Å². The molecule has 0 aromatic heterocycles. The molecule has 0 N–H and O–H groups in total. The van der Waals surface area contributed by atoms with Crippen molar-refractivity contribution < 1.29 is 57.0 Å². The molecular formula is C120H190O12. The number of hydrogen-bond acceptors (Lipinski definition) is 12. The highest BCUT2D eigenvalue weighted by molar-refractivity contribution is 5.87. The van der Waals surface area contributed by atoms with Crippen LogP contribution < -0.4 is 47.4 Å². The first kappa shape index (κ1) is 115. The lowest BCUT2D eigenvalue weighted by molar-refractivity contribution is 0.111. The average molecular weight is 1820 g/mol. The molecule has 0 saturated carbocycles. The lowest BCUT2D eigenvalue weighted by Gasteiger charge is -2.18. The highest BCUT2D eigenvalue weighted by Crippen LogP contribution is 2.41. The molecule has 5 aromatic rings. The quantitative estimate of drug-likeness (QED) is 0.0209. The van der Waals surface area contributed by atoms with Gasteiger partial charge >= 0.3 is 0 Å². The zero-order valence-electron chi connectivity index (χ0n) is 85.9. The molecule has 5 aromatic carbocycles. The van der Waals surface area contributed by atoms with Gasteiger partial charge in [0.2, 0.25) is 0 Å². The summed E-state index contributed by atoms with van der Waals surface area (Å²) in [4.78, 5) is 25.9. The molecule has 132 heavy (non-hydrogen) atoms. The number of rotatable bonds is 90. The van der Waals surface area contributed by atoms with Gasteiger partial charge in [0.1, 0.15) is 57.5 Å². The van der Waals surface area contributed by atoms with Crippen molar-refractivity contribution in [2.45, 2.75) is 454 Å². The second-order valence-corrected chi connectivity index (χ2v) is 37.4. The van der Waals surface area contributed by atoms with Crippen LogP contribution in [0.2, 0.25) is 0 Å². The summed E-state index contributed by atoms with van der Waals surface area (Å²) in [6.07, 6.45) is 88.0. The maximum Gasteiger partial charge on any atom is 0.153 e. The van der Waals surface area contributed by atoms with Gasteiger partial charge < -0.3 is 47.4 Å². The van der Waals surface area contributed by atoms with Gasteiger partial charge in [0.05, 0.1) is 77.2 Å². The Hall–Kier alpha value is -7.60. The van der Waals surface area contributed by atoms with Crippen LogP contribution in [0.4, 0.5) is 0 Å². The van der Waals surface area contributed by atoms with Crippen molar-refractivity contribution in [1.29, 1.82) is 0 Å². The van der Waals surface area contributed by atoms with Gasteiger partial charge in [0.15, 0.2) is 12.6 Å². The van der Waals surface area contributed by atoms with Crippen molar-refractivity contribution in [3.63, 3.8) is 0 Å². The Bertz CT molecular complexity index is 3580. The molecule has 0 bridgehead atoms. The minimum absolute atomic E-state index is 0.501. The first-order valence-electron chi connectivity index (χ1n) is 55.0. The Morgan fingerprint density at radius 2 is 0.227 bits per heavy atom. The first-order valence-corrected chi connectivity index (χ1v) is 55.0. The molecule has 0 atom stereocenters. The summed E-state index contributed by atoms with van der Waals surface area (Å²) in [6.45, 7) is 28.3. The summed E-state index contributed by atoms with van der Waals surface area (Å²) in [6, 6.07) is 20.9. The minimum atomic E-state index is 0.501. The van der Waals surface area contributed by atoms with E-state index in [0.29, 0.717) is 100 Å². The second-order valence-electron chi connectivity index (χ2n) is 37.4. The van der Waals surface area contributed by atoms with Crippen LogP contribution in [0.1, 0.15) is 520 Å². The van der Waals surface area contributed by atoms with Gasteiger partial charge in [-0.3, -0.25) is 9.59 Å². The normalized spacial score (nSPS) is 11.7. The minimum Gasteiger partial charge on any atom is -0.493 e. The highest BCUT2D eigenvalue weighted by Gasteiger charge is 2.20. The van der Waals surface area contributed by atoms with E-state index < -0.39 is 0 Å². The highest BCUT2D eigenvalue weighted by atomic mass is 16.5. The van der Waals surface area contributed by atoms with E-state index in [0.717, 1.165) is 220 Å². The average Bonchev–Trinajstić information content (AvgIpc) is 0.804. The largest absolute Gasteiger partial charge is 0.493 e. The van der Waals surface area contributed by atoms with Crippen molar-refractivity contribution in [2.75, 3.05) is 66.1 Å². The third-order valence-corrected chi connectivity index (χ3v) is 25.3. The molecule has 5 rings (SSSR count). The summed E-state index contributed by atoms with van der Waals surface area (Å²) >= 11 is 0. The molecule has 0 heterocycles. The monoisotopic (exact) mass is 1820 g/mol. The zero-order valence-corrected chi connectivity index (χ0v) is 85.9. The third kappa shape index (κ3) is 51.9. The molecule has 12 heteroatoms. The number of carbonyl (C=O) groups excluding carboxylic acids is 2. The SMILES string of the molecule is CCCCCCCCOc1cc(/C=C/c2cc(OCCCCCCCC)c(/C=C/c3cc(OCCCCCCCC)c(/C=C/c4cc(OCCCCCCCC)c(/C=C/c5cc(OCCCCCCCC)c(C=O)cc5OCCCCCCCC)cc4OCCCCCCCC)cc3OCCCCCCCC)cc2OCCCCCCCC)c(OCCCCCCCC)cc1C=O. The van der Waals surface area contributed by atoms with E-state index in [1.54, 1.807) is 0 Å². The van der Waals surface area contributed by atoms with Gasteiger partial charge in [-0.1, -0.05) is 439 Å². The van der Waals surface area contributed by atoms with Gasteiger partial charge in [-0.05, 0) is 125 Å². The molecule has 0 unspecified atom stereocenters. The summed E-state index contributed by atoms with van der Waals surface area (Å²) in [5.41, 5.74) is 8.13. The molecule has 0 amide bonds. The van der Waals surface area contributed by atoms with Crippen LogP contribution in [-0.2, 0) is 0 Å². The topological polar surface area (TPSA) is 126 Å². The number of ether oxygens (including phenoxy) is 10. The Morgan fingerprint density at radius 1 is 0.136 bits per heavy atom. The fourth-order valence-electron chi connectivity index (χ4n) is 16.8. The van der Waals surface area contributed by atoms with Gasteiger partial charge in [-0.2, -0.15) is 0 Å². The van der Waals surface area contributed by atoms with Crippen LogP contribution in [0, 0.1) is 0 Å². The predicted octanol–water partition coefficient (Wildman–Crippen LogP) is 37.4. The van der Waals surface area contributed by atoms with Gasteiger partial charge in [0, 0.05) is 44.5 Å². The van der Waals surface area contributed by atoms with Crippen LogP contribution in [0.3, 0.4) is 0 Å². The van der Waals surface area contributed by atoms with Crippen molar-refractivity contribution in [1.82, 2.24) is 0 Å². The van der Waals surface area contributed by atoms with E-state index in [1.165, 1.54) is 257 Å². The molecule has 0 spiro atoms. The van der Waals surface area contributed by atoms with E-state index in [9.17, 15) is 9.59 Å². The number of unbranched alkanes of at least 4 members (excludes halogenated alkanes) is 50. The summed E-state index contributed by atoms with van der Waals surface area (Å²) in [5.74, 6) is 7.13. The van der Waals surface area contributed by atoms with E-state index in [4.69, 9.17) is 47.4 Å². The Balaban J connectivity index is 1.81. The smallest absolute Gasteiger partial charge is 0.153 e. The molecule has 0 fully saturated rings. The fourth-order valence-corrected chi connectivity index (χ4v) is 16.8. The molecular weight excluding hydrogens is 1630 g/mol. The molecule has 0 radical (unpaired) electrons. The molecule has 742 valence electrons. The Morgan fingerprint density at radius 3 is 0.333 bits per heavy atom. The standard InChI is InChI=1S/C120H190O12/c1-11-21-31-41-51-61-79-123-111-89-102(72-74-104-92-116(128-84-66-56-46-36-26-16-6)106(94-114(104)126-82-64-54-44-34-24-14-4)76-78-108-96-120(132-88-70-60-50-40-30-20-10)110(100-122)98-118(108)130-86-68-58-48-38-28-18-8)112(124-80-62-52-42-32-22-12-2)90-101(111)71-73-103-91-115(127-83-65-55-45-35-25-15-5)105(93-113(103)125-81-63-53-43-33-23-13-3)75-77-107-95-119(131-87-69-59-49-39-29-19-9)109(99-121)97-117(107)129-85-67-57-47-37-27-17-7/h71-78,89-100H,11-70,79-88H2,1-10H3/b73-71+,74-72+,77-75+,78-76+. The third-order valence-electron chi connectivity index (χ3n) is 25.3. The first-order chi connectivity index (χ1) is 65.1. The molecule has 0 saturated heterocycles. The zero-order chi connectivity index (χ0) is 94.3.